The molecule has 1 unspecified atom stereocenters. The third kappa shape index (κ3) is 0.988. The van der Waals surface area contributed by atoms with Gasteiger partial charge in [0.05, 0.1) is 0 Å². The summed E-state index contributed by atoms with van der Waals surface area (Å²) >= 11 is 0. The normalized spacial score (nSPS) is 33.7. The Bertz CT molecular complexity index is 160. The van der Waals surface area contributed by atoms with Crippen molar-refractivity contribution in [2.24, 2.45) is 0 Å². The maximum atomic E-state index is 2.60. The Morgan fingerprint density at radius 3 is 3.40 bits per heavy atom. The SMILES string of the molecule is CC1=CCN2CCCC2C1. The van der Waals surface area contributed by atoms with Crippen LogP contribution in [0.3, 0.4) is 0 Å². The van der Waals surface area contributed by atoms with E-state index in [1.54, 1.807) is 5.57 Å². The highest BCUT2D eigenvalue weighted by atomic mass is 15.2. The third-order valence-electron chi connectivity index (χ3n) is 2.73. The summed E-state index contributed by atoms with van der Waals surface area (Å²) in [6.45, 7) is 4.82. The van der Waals surface area contributed by atoms with Gasteiger partial charge in [-0.1, -0.05) is 11.6 Å². The molecule has 0 bridgehead atoms. The fourth-order valence-electron chi connectivity index (χ4n) is 2.09. The van der Waals surface area contributed by atoms with E-state index >= 15 is 0 Å². The molecule has 2 rings (SSSR count). The Hall–Kier alpha value is -0.300. The molecule has 0 amide bonds. The highest BCUT2D eigenvalue weighted by Crippen LogP contribution is 2.26. The average molecular weight is 137 g/mol. The lowest BCUT2D eigenvalue weighted by Gasteiger charge is -2.27. The maximum Gasteiger partial charge on any atom is 0.0168 e. The van der Waals surface area contributed by atoms with Gasteiger partial charge in [0.2, 0.25) is 0 Å². The van der Waals surface area contributed by atoms with Gasteiger partial charge in [-0.25, -0.2) is 0 Å². The highest BCUT2D eigenvalue weighted by molar-refractivity contribution is 5.08. The van der Waals surface area contributed by atoms with Crippen LogP contribution in [0.25, 0.3) is 0 Å². The van der Waals surface area contributed by atoms with Gasteiger partial charge in [0.15, 0.2) is 0 Å². The van der Waals surface area contributed by atoms with E-state index in [0.29, 0.717) is 0 Å². The largest absolute Gasteiger partial charge is 0.296 e. The van der Waals surface area contributed by atoms with Crippen LogP contribution in [0, 0.1) is 0 Å². The Morgan fingerprint density at radius 2 is 2.50 bits per heavy atom. The van der Waals surface area contributed by atoms with Crippen LogP contribution in [-0.4, -0.2) is 24.0 Å². The highest BCUT2D eigenvalue weighted by Gasteiger charge is 2.25. The standard InChI is InChI=1S/C9H15N/c1-8-4-6-10-5-2-3-9(10)7-8/h4,9H,2-3,5-7H2,1H3. The lowest BCUT2D eigenvalue weighted by molar-refractivity contribution is 0.265. The molecule has 10 heavy (non-hydrogen) atoms. The summed E-state index contributed by atoms with van der Waals surface area (Å²) in [5.41, 5.74) is 1.60. The van der Waals surface area contributed by atoms with E-state index in [0.717, 1.165) is 6.04 Å². The van der Waals surface area contributed by atoms with E-state index in [2.05, 4.69) is 17.9 Å². The summed E-state index contributed by atoms with van der Waals surface area (Å²) in [6.07, 6.45) is 6.57. The van der Waals surface area contributed by atoms with Crippen molar-refractivity contribution in [2.75, 3.05) is 13.1 Å². The van der Waals surface area contributed by atoms with Gasteiger partial charge in [0.1, 0.15) is 0 Å². The van der Waals surface area contributed by atoms with Crippen molar-refractivity contribution in [3.63, 3.8) is 0 Å². The van der Waals surface area contributed by atoms with E-state index < -0.39 is 0 Å². The zero-order valence-corrected chi connectivity index (χ0v) is 6.64. The third-order valence-corrected chi connectivity index (χ3v) is 2.73. The van der Waals surface area contributed by atoms with Crippen LogP contribution in [0.2, 0.25) is 0 Å². The monoisotopic (exact) mass is 137 g/mol. The van der Waals surface area contributed by atoms with Crippen molar-refractivity contribution in [1.82, 2.24) is 4.90 Å². The van der Waals surface area contributed by atoms with Crippen molar-refractivity contribution in [3.05, 3.63) is 11.6 Å². The van der Waals surface area contributed by atoms with Gasteiger partial charge in [0, 0.05) is 12.6 Å². The first-order chi connectivity index (χ1) is 4.86. The Kier molecular flexibility index (Phi) is 1.53. The molecule has 0 aromatic heterocycles. The first-order valence-electron chi connectivity index (χ1n) is 4.26. The quantitative estimate of drug-likeness (QED) is 0.460. The lowest BCUT2D eigenvalue weighted by Crippen LogP contribution is -2.32. The Balaban J connectivity index is 2.08. The molecule has 0 saturated carbocycles. The minimum Gasteiger partial charge on any atom is -0.296 e. The summed E-state index contributed by atoms with van der Waals surface area (Å²) in [4.78, 5) is 2.60. The average Bonchev–Trinajstić information content (AvgIpc) is 2.33. The minimum atomic E-state index is 0.907. The fourth-order valence-corrected chi connectivity index (χ4v) is 2.09. The van der Waals surface area contributed by atoms with Crippen LogP contribution in [0.1, 0.15) is 26.2 Å². The van der Waals surface area contributed by atoms with Crippen molar-refractivity contribution in [2.45, 2.75) is 32.2 Å². The number of nitrogens with zero attached hydrogens (tertiary/aromatic N) is 1. The molecule has 0 radical (unpaired) electrons. The van der Waals surface area contributed by atoms with Gasteiger partial charge < -0.3 is 0 Å². The lowest BCUT2D eigenvalue weighted by atomic mass is 10.0. The molecule has 1 heteroatoms. The number of fused-ring (bicyclic) bond motifs is 1. The van der Waals surface area contributed by atoms with Crippen molar-refractivity contribution in [1.29, 1.82) is 0 Å². The minimum absolute atomic E-state index is 0.907. The second-order valence-corrected chi connectivity index (χ2v) is 3.55. The predicted molar refractivity (Wildman–Crippen MR) is 43.0 cm³/mol. The first-order valence-corrected chi connectivity index (χ1v) is 4.26. The Labute approximate surface area is 62.7 Å². The molecule has 1 saturated heterocycles. The number of hydrogen-bond donors (Lipinski definition) is 0. The molecule has 2 aliphatic rings. The van der Waals surface area contributed by atoms with Gasteiger partial charge in [-0.3, -0.25) is 4.90 Å². The summed E-state index contributed by atoms with van der Waals surface area (Å²) in [5.74, 6) is 0. The van der Waals surface area contributed by atoms with Crippen LogP contribution >= 0.6 is 0 Å². The number of rotatable bonds is 0. The summed E-state index contributed by atoms with van der Waals surface area (Å²) in [7, 11) is 0. The van der Waals surface area contributed by atoms with Crippen LogP contribution in [-0.2, 0) is 0 Å². The maximum absolute atomic E-state index is 2.60. The second kappa shape index (κ2) is 2.39. The van der Waals surface area contributed by atoms with Crippen LogP contribution in [0.15, 0.2) is 11.6 Å². The van der Waals surface area contributed by atoms with Crippen LogP contribution < -0.4 is 0 Å². The number of hydrogen-bond acceptors (Lipinski definition) is 1. The van der Waals surface area contributed by atoms with Crippen molar-refractivity contribution in [3.8, 4) is 0 Å². The van der Waals surface area contributed by atoms with Gasteiger partial charge >= 0.3 is 0 Å². The molecule has 1 atom stereocenters. The molecule has 1 fully saturated rings. The molecule has 2 aliphatic heterocycles. The zero-order valence-electron chi connectivity index (χ0n) is 6.64. The van der Waals surface area contributed by atoms with E-state index in [1.165, 1.54) is 32.4 Å². The van der Waals surface area contributed by atoms with Crippen molar-refractivity contribution >= 4 is 0 Å². The molecule has 1 nitrogen and oxygen atoms in total. The van der Waals surface area contributed by atoms with Gasteiger partial charge in [-0.15, -0.1) is 0 Å². The fraction of sp³-hybridized carbons (Fsp3) is 0.778. The topological polar surface area (TPSA) is 3.24 Å². The molecular weight excluding hydrogens is 122 g/mol. The van der Waals surface area contributed by atoms with E-state index in [9.17, 15) is 0 Å². The van der Waals surface area contributed by atoms with Gasteiger partial charge in [0.25, 0.3) is 0 Å². The molecule has 0 aromatic rings. The summed E-state index contributed by atoms with van der Waals surface area (Å²) in [6, 6.07) is 0.907. The van der Waals surface area contributed by atoms with E-state index in [1.807, 2.05) is 0 Å². The predicted octanol–water partition coefficient (Wildman–Crippen LogP) is 1.80. The molecule has 0 N–H and O–H groups in total. The van der Waals surface area contributed by atoms with Crippen molar-refractivity contribution < 1.29 is 0 Å². The molecule has 0 spiro atoms. The zero-order chi connectivity index (χ0) is 6.97. The summed E-state index contributed by atoms with van der Waals surface area (Å²) < 4.78 is 0. The van der Waals surface area contributed by atoms with E-state index in [-0.39, 0.29) is 0 Å². The Morgan fingerprint density at radius 1 is 1.60 bits per heavy atom. The molecule has 56 valence electrons. The van der Waals surface area contributed by atoms with Gasteiger partial charge in [-0.05, 0) is 32.7 Å². The molecule has 0 aromatic carbocycles. The molecular formula is C9H15N. The molecule has 0 aliphatic carbocycles. The smallest absolute Gasteiger partial charge is 0.0168 e. The van der Waals surface area contributed by atoms with Crippen LogP contribution in [0.5, 0.6) is 0 Å². The van der Waals surface area contributed by atoms with Gasteiger partial charge in [-0.2, -0.15) is 0 Å². The first kappa shape index (κ1) is 6.41. The van der Waals surface area contributed by atoms with E-state index in [4.69, 9.17) is 0 Å². The summed E-state index contributed by atoms with van der Waals surface area (Å²) in [5, 5.41) is 0. The second-order valence-electron chi connectivity index (χ2n) is 3.55. The van der Waals surface area contributed by atoms with Crippen LogP contribution in [0.4, 0.5) is 0 Å². The molecule has 2 heterocycles.